The quantitative estimate of drug-likeness (QED) is 0.622. The van der Waals surface area contributed by atoms with Crippen LogP contribution >= 0.6 is 23.2 Å². The first kappa shape index (κ1) is 16.7. The van der Waals surface area contributed by atoms with Gasteiger partial charge < -0.3 is 5.32 Å². The Morgan fingerprint density at radius 2 is 1.89 bits per heavy atom. The molecule has 4 nitrogen and oxygen atoms in total. The van der Waals surface area contributed by atoms with E-state index >= 15 is 0 Å². The molecule has 1 aromatic rings. The van der Waals surface area contributed by atoms with Crippen LogP contribution in [0.3, 0.4) is 0 Å². The van der Waals surface area contributed by atoms with E-state index in [0.29, 0.717) is 17.1 Å². The first-order valence-corrected chi connectivity index (χ1v) is 8.18. The molecular weight excluding hydrogens is 314 g/mol. The van der Waals surface area contributed by atoms with E-state index in [1.165, 1.54) is 12.1 Å². The van der Waals surface area contributed by atoms with Crippen molar-refractivity contribution >= 4 is 33.2 Å². The molecular formula is C11H15Cl2FN2O2S. The molecule has 19 heavy (non-hydrogen) atoms. The van der Waals surface area contributed by atoms with Crippen molar-refractivity contribution in [2.75, 3.05) is 19.3 Å². The van der Waals surface area contributed by atoms with Crippen LogP contribution in [0.1, 0.15) is 18.5 Å². The summed E-state index contributed by atoms with van der Waals surface area (Å²) in [4.78, 5) is 0. The van der Waals surface area contributed by atoms with Gasteiger partial charge in [0.1, 0.15) is 5.82 Å². The van der Waals surface area contributed by atoms with Crippen LogP contribution in [0.15, 0.2) is 12.1 Å². The van der Waals surface area contributed by atoms with Gasteiger partial charge in [-0.3, -0.25) is 0 Å². The summed E-state index contributed by atoms with van der Waals surface area (Å²) >= 11 is 11.6. The van der Waals surface area contributed by atoms with Gasteiger partial charge in [-0.25, -0.2) is 17.5 Å². The van der Waals surface area contributed by atoms with Gasteiger partial charge in [0.05, 0.1) is 11.3 Å². The van der Waals surface area contributed by atoms with Crippen LogP contribution in [0.25, 0.3) is 0 Å². The largest absolute Gasteiger partial charge is 0.309 e. The number of hydrogen-bond donors (Lipinski definition) is 2. The normalized spacial score (nSPS) is 13.5. The smallest absolute Gasteiger partial charge is 0.208 e. The van der Waals surface area contributed by atoms with E-state index < -0.39 is 15.8 Å². The van der Waals surface area contributed by atoms with Crippen LogP contribution in [0, 0.1) is 5.82 Å². The fourth-order valence-electron chi connectivity index (χ4n) is 1.50. The zero-order valence-corrected chi connectivity index (χ0v) is 12.8. The van der Waals surface area contributed by atoms with E-state index in [1.807, 2.05) is 0 Å². The molecule has 2 N–H and O–H groups in total. The highest BCUT2D eigenvalue weighted by atomic mass is 35.5. The van der Waals surface area contributed by atoms with Crippen LogP contribution < -0.4 is 10.0 Å². The zero-order chi connectivity index (χ0) is 14.6. The minimum Gasteiger partial charge on any atom is -0.309 e. The van der Waals surface area contributed by atoms with Crippen molar-refractivity contribution in [1.82, 2.24) is 10.0 Å². The summed E-state index contributed by atoms with van der Waals surface area (Å²) in [6.07, 6.45) is 1.09. The fourth-order valence-corrected chi connectivity index (χ4v) is 2.52. The lowest BCUT2D eigenvalue weighted by Gasteiger charge is -2.16. The number of rotatable bonds is 6. The highest BCUT2D eigenvalue weighted by Gasteiger charge is 2.13. The molecule has 0 aliphatic rings. The molecule has 0 aliphatic carbocycles. The average molecular weight is 329 g/mol. The van der Waals surface area contributed by atoms with E-state index in [2.05, 4.69) is 10.0 Å². The Labute approximate surface area is 122 Å². The maximum absolute atomic E-state index is 13.4. The molecule has 0 amide bonds. The lowest BCUT2D eigenvalue weighted by atomic mass is 10.1. The van der Waals surface area contributed by atoms with Crippen molar-refractivity contribution in [2.24, 2.45) is 0 Å². The molecule has 0 saturated carbocycles. The molecule has 1 unspecified atom stereocenters. The Morgan fingerprint density at radius 3 is 2.47 bits per heavy atom. The first-order valence-electron chi connectivity index (χ1n) is 5.53. The van der Waals surface area contributed by atoms with Crippen LogP contribution in [0.5, 0.6) is 0 Å². The SMILES string of the molecule is CC(NCCNS(C)(=O)=O)c1cc(F)c(Cl)cc1Cl. The van der Waals surface area contributed by atoms with Gasteiger partial charge in [-0.1, -0.05) is 23.2 Å². The van der Waals surface area contributed by atoms with Crippen molar-refractivity contribution in [2.45, 2.75) is 13.0 Å². The Bertz CT molecular complexity index is 552. The fraction of sp³-hybridized carbons (Fsp3) is 0.455. The second kappa shape index (κ2) is 6.85. The molecule has 1 rings (SSSR count). The molecule has 0 aromatic heterocycles. The Kier molecular flexibility index (Phi) is 6.01. The van der Waals surface area contributed by atoms with E-state index in [1.54, 1.807) is 6.92 Å². The number of hydrogen-bond acceptors (Lipinski definition) is 3. The van der Waals surface area contributed by atoms with Gasteiger partial charge in [0.25, 0.3) is 0 Å². The summed E-state index contributed by atoms with van der Waals surface area (Å²) in [6.45, 7) is 2.45. The molecule has 0 fully saturated rings. The predicted molar refractivity (Wildman–Crippen MR) is 75.7 cm³/mol. The maximum atomic E-state index is 13.4. The third-order valence-corrected chi connectivity index (χ3v) is 3.79. The summed E-state index contributed by atoms with van der Waals surface area (Å²) in [5.74, 6) is -0.538. The highest BCUT2D eigenvalue weighted by molar-refractivity contribution is 7.88. The molecule has 0 spiro atoms. The molecule has 0 saturated heterocycles. The molecule has 0 radical (unpaired) electrons. The molecule has 1 atom stereocenters. The number of benzene rings is 1. The van der Waals surface area contributed by atoms with Gasteiger partial charge >= 0.3 is 0 Å². The Balaban J connectivity index is 2.59. The summed E-state index contributed by atoms with van der Waals surface area (Å²) in [7, 11) is -3.20. The molecule has 8 heteroatoms. The lowest BCUT2D eigenvalue weighted by molar-refractivity contribution is 0.552. The van der Waals surface area contributed by atoms with E-state index in [0.717, 1.165) is 6.26 Å². The summed E-state index contributed by atoms with van der Waals surface area (Å²) < 4.78 is 37.4. The maximum Gasteiger partial charge on any atom is 0.208 e. The van der Waals surface area contributed by atoms with Crippen molar-refractivity contribution in [3.05, 3.63) is 33.6 Å². The number of sulfonamides is 1. The van der Waals surface area contributed by atoms with Crippen molar-refractivity contribution < 1.29 is 12.8 Å². The monoisotopic (exact) mass is 328 g/mol. The minimum absolute atomic E-state index is 0.0281. The van der Waals surface area contributed by atoms with Crippen LogP contribution in [0.4, 0.5) is 4.39 Å². The van der Waals surface area contributed by atoms with Gasteiger partial charge in [-0.05, 0) is 24.6 Å². The van der Waals surface area contributed by atoms with Gasteiger partial charge in [-0.15, -0.1) is 0 Å². The van der Waals surface area contributed by atoms with Crippen LogP contribution in [-0.2, 0) is 10.0 Å². The van der Waals surface area contributed by atoms with Crippen molar-refractivity contribution in [3.63, 3.8) is 0 Å². The van der Waals surface area contributed by atoms with Crippen LogP contribution in [-0.4, -0.2) is 27.8 Å². The van der Waals surface area contributed by atoms with Gasteiger partial charge in [0, 0.05) is 24.2 Å². The summed E-state index contributed by atoms with van der Waals surface area (Å²) in [5.41, 5.74) is 0.572. The molecule has 0 heterocycles. The highest BCUT2D eigenvalue weighted by Crippen LogP contribution is 2.28. The molecule has 1 aromatic carbocycles. The van der Waals surface area contributed by atoms with Crippen molar-refractivity contribution in [1.29, 1.82) is 0 Å². The zero-order valence-electron chi connectivity index (χ0n) is 10.5. The van der Waals surface area contributed by atoms with E-state index in [9.17, 15) is 12.8 Å². The molecule has 108 valence electrons. The molecule has 0 bridgehead atoms. The third kappa shape index (κ3) is 5.62. The molecule has 0 aliphatic heterocycles. The Morgan fingerprint density at radius 1 is 1.26 bits per heavy atom. The predicted octanol–water partition coefficient (Wildman–Crippen LogP) is 2.33. The van der Waals surface area contributed by atoms with Gasteiger partial charge in [0.2, 0.25) is 10.0 Å². The third-order valence-electron chi connectivity index (χ3n) is 2.45. The topological polar surface area (TPSA) is 58.2 Å². The van der Waals surface area contributed by atoms with Crippen molar-refractivity contribution in [3.8, 4) is 0 Å². The summed E-state index contributed by atoms with van der Waals surface area (Å²) in [6, 6.07) is 2.40. The Hall–Kier alpha value is -0.400. The summed E-state index contributed by atoms with van der Waals surface area (Å²) in [5, 5.41) is 3.37. The number of halogens is 3. The lowest BCUT2D eigenvalue weighted by Crippen LogP contribution is -2.32. The van der Waals surface area contributed by atoms with Gasteiger partial charge in [0.15, 0.2) is 0 Å². The van der Waals surface area contributed by atoms with Crippen LogP contribution in [0.2, 0.25) is 10.0 Å². The standard InChI is InChI=1S/C11H15Cl2FN2O2S/c1-7(15-3-4-16-19(2,17)18)8-5-11(14)10(13)6-9(8)12/h5-7,15-16H,3-4H2,1-2H3. The first-order chi connectivity index (χ1) is 8.70. The minimum atomic E-state index is -3.20. The van der Waals surface area contributed by atoms with Gasteiger partial charge in [-0.2, -0.15) is 0 Å². The second-order valence-electron chi connectivity index (χ2n) is 4.13. The average Bonchev–Trinajstić information content (AvgIpc) is 2.28. The van der Waals surface area contributed by atoms with E-state index in [-0.39, 0.29) is 17.6 Å². The van der Waals surface area contributed by atoms with E-state index in [4.69, 9.17) is 23.2 Å². The number of nitrogens with one attached hydrogen (secondary N) is 2. The second-order valence-corrected chi connectivity index (χ2v) is 6.78.